The van der Waals surface area contributed by atoms with E-state index < -0.39 is 23.8 Å². The molecule has 0 aromatic heterocycles. The highest BCUT2D eigenvalue weighted by molar-refractivity contribution is 5.88. The Labute approximate surface area is 214 Å². The van der Waals surface area contributed by atoms with Gasteiger partial charge in [-0.3, -0.25) is 9.69 Å². The van der Waals surface area contributed by atoms with Crippen molar-refractivity contribution in [2.75, 3.05) is 13.1 Å². The Morgan fingerprint density at radius 1 is 1.14 bits per heavy atom. The van der Waals surface area contributed by atoms with Crippen LogP contribution in [0.15, 0.2) is 48.5 Å². The number of carbonyl (C=O) groups excluding carboxylic acids is 2. The largest absolute Gasteiger partial charge is 0.470 e. The minimum absolute atomic E-state index is 0.0633. The van der Waals surface area contributed by atoms with Gasteiger partial charge >= 0.3 is 6.09 Å². The summed E-state index contributed by atoms with van der Waals surface area (Å²) in [5.74, 6) is 0.0499. The summed E-state index contributed by atoms with van der Waals surface area (Å²) in [5, 5.41) is 11.8. The highest BCUT2D eigenvalue weighted by Crippen LogP contribution is 2.40. The second-order valence-electron chi connectivity index (χ2n) is 10.5. The third-order valence-corrected chi connectivity index (χ3v) is 5.95. The average Bonchev–Trinajstić information content (AvgIpc) is 3.29. The molecule has 1 N–H and O–H groups in total. The van der Waals surface area contributed by atoms with Crippen LogP contribution in [0.4, 0.5) is 4.79 Å². The van der Waals surface area contributed by atoms with Gasteiger partial charge in [0.15, 0.2) is 6.23 Å². The first-order valence-corrected chi connectivity index (χ1v) is 12.6. The van der Waals surface area contributed by atoms with E-state index in [2.05, 4.69) is 19.2 Å². The summed E-state index contributed by atoms with van der Waals surface area (Å²) in [6.07, 6.45) is 1.15. The van der Waals surface area contributed by atoms with Gasteiger partial charge in [0, 0.05) is 18.5 Å². The number of rotatable bonds is 8. The SMILES string of the molecule is CC(C)CC(C(=O)NCC#N)c1c(OC2CCCN2C(=O)OC(C)(C)C)cccc1-c1ccccc1. The summed E-state index contributed by atoms with van der Waals surface area (Å²) in [7, 11) is 0. The van der Waals surface area contributed by atoms with E-state index >= 15 is 0 Å². The monoisotopic (exact) mass is 491 g/mol. The lowest BCUT2D eigenvalue weighted by Crippen LogP contribution is -2.42. The molecule has 0 aliphatic carbocycles. The number of carbonyl (C=O) groups is 2. The van der Waals surface area contributed by atoms with Crippen molar-refractivity contribution in [3.05, 3.63) is 54.1 Å². The van der Waals surface area contributed by atoms with E-state index in [0.717, 1.165) is 23.1 Å². The second kappa shape index (κ2) is 11.9. The number of nitrogens with one attached hydrogen (secondary N) is 1. The third kappa shape index (κ3) is 7.00. The van der Waals surface area contributed by atoms with E-state index in [0.29, 0.717) is 25.1 Å². The van der Waals surface area contributed by atoms with Gasteiger partial charge in [-0.05, 0) is 56.7 Å². The van der Waals surface area contributed by atoms with Crippen LogP contribution in [0.3, 0.4) is 0 Å². The van der Waals surface area contributed by atoms with E-state index in [9.17, 15) is 9.59 Å². The quantitative estimate of drug-likeness (QED) is 0.467. The number of ether oxygens (including phenoxy) is 2. The Morgan fingerprint density at radius 2 is 1.86 bits per heavy atom. The van der Waals surface area contributed by atoms with Crippen molar-refractivity contribution in [1.82, 2.24) is 10.2 Å². The molecule has 7 heteroatoms. The van der Waals surface area contributed by atoms with Gasteiger partial charge < -0.3 is 14.8 Å². The molecule has 1 heterocycles. The zero-order valence-corrected chi connectivity index (χ0v) is 21.9. The number of hydrogen-bond acceptors (Lipinski definition) is 5. The second-order valence-corrected chi connectivity index (χ2v) is 10.5. The molecule has 2 aromatic rings. The number of likely N-dealkylation sites (tertiary alicyclic amines) is 1. The molecule has 2 aromatic carbocycles. The lowest BCUT2D eigenvalue weighted by atomic mass is 9.84. The lowest BCUT2D eigenvalue weighted by Gasteiger charge is -2.30. The molecule has 1 saturated heterocycles. The van der Waals surface area contributed by atoms with Crippen LogP contribution in [-0.4, -0.2) is 41.8 Å². The fraction of sp³-hybridized carbons (Fsp3) is 0.483. The highest BCUT2D eigenvalue weighted by atomic mass is 16.6. The molecule has 0 saturated carbocycles. The highest BCUT2D eigenvalue weighted by Gasteiger charge is 2.35. The average molecular weight is 492 g/mol. The molecule has 1 aliphatic heterocycles. The first-order chi connectivity index (χ1) is 17.1. The number of hydrogen-bond donors (Lipinski definition) is 1. The van der Waals surface area contributed by atoms with Gasteiger partial charge in [-0.2, -0.15) is 5.26 Å². The standard InChI is InChI=1S/C29H37N3O4/c1-20(2)19-23(27(33)31-17-16-30)26-22(21-11-7-6-8-12-21)13-9-14-24(26)35-25-15-10-18-32(25)28(34)36-29(3,4)5/h6-9,11-14,20,23,25H,10,15,17-19H2,1-5H3,(H,31,33). The third-order valence-electron chi connectivity index (χ3n) is 5.95. The molecule has 1 aliphatic rings. The van der Waals surface area contributed by atoms with E-state index in [-0.39, 0.29) is 18.4 Å². The summed E-state index contributed by atoms with van der Waals surface area (Å²) in [6, 6.07) is 17.6. The van der Waals surface area contributed by atoms with E-state index in [1.54, 1.807) is 4.90 Å². The van der Waals surface area contributed by atoms with Gasteiger partial charge in [0.2, 0.25) is 5.91 Å². The van der Waals surface area contributed by atoms with Gasteiger partial charge in [-0.15, -0.1) is 0 Å². The van der Waals surface area contributed by atoms with Gasteiger partial charge in [0.1, 0.15) is 17.9 Å². The molecule has 3 rings (SSSR count). The van der Waals surface area contributed by atoms with Crippen molar-refractivity contribution in [3.63, 3.8) is 0 Å². The molecule has 2 amide bonds. The molecule has 2 atom stereocenters. The summed E-state index contributed by atoms with van der Waals surface area (Å²) in [6.45, 7) is 10.1. The van der Waals surface area contributed by atoms with Crippen LogP contribution in [0.2, 0.25) is 0 Å². The van der Waals surface area contributed by atoms with Crippen molar-refractivity contribution >= 4 is 12.0 Å². The maximum absolute atomic E-state index is 13.3. The van der Waals surface area contributed by atoms with Crippen molar-refractivity contribution in [1.29, 1.82) is 5.26 Å². The molecule has 7 nitrogen and oxygen atoms in total. The van der Waals surface area contributed by atoms with E-state index in [1.807, 2.05) is 75.4 Å². The number of nitrogens with zero attached hydrogens (tertiary/aromatic N) is 2. The van der Waals surface area contributed by atoms with Crippen molar-refractivity contribution in [2.24, 2.45) is 5.92 Å². The van der Waals surface area contributed by atoms with Gasteiger partial charge in [0.25, 0.3) is 0 Å². The fourth-order valence-electron chi connectivity index (χ4n) is 4.49. The molecule has 0 spiro atoms. The van der Waals surface area contributed by atoms with Crippen LogP contribution in [0.25, 0.3) is 11.1 Å². The minimum atomic E-state index is -0.607. The van der Waals surface area contributed by atoms with Crippen molar-refractivity contribution in [2.45, 2.75) is 71.6 Å². The summed E-state index contributed by atoms with van der Waals surface area (Å²) in [4.78, 5) is 27.8. The van der Waals surface area contributed by atoms with Gasteiger partial charge in [-0.25, -0.2) is 4.79 Å². The molecule has 1 fully saturated rings. The van der Waals surface area contributed by atoms with Crippen LogP contribution < -0.4 is 10.1 Å². The maximum Gasteiger partial charge on any atom is 0.413 e. The molecular weight excluding hydrogens is 454 g/mol. The van der Waals surface area contributed by atoms with E-state index in [4.69, 9.17) is 14.7 Å². The fourth-order valence-corrected chi connectivity index (χ4v) is 4.49. The number of nitriles is 1. The molecule has 0 bridgehead atoms. The number of benzene rings is 2. The smallest absolute Gasteiger partial charge is 0.413 e. The Bertz CT molecular complexity index is 1090. The molecular formula is C29H37N3O4. The van der Waals surface area contributed by atoms with Crippen LogP contribution in [-0.2, 0) is 9.53 Å². The van der Waals surface area contributed by atoms with Crippen LogP contribution in [0.1, 0.15) is 65.4 Å². The summed E-state index contributed by atoms with van der Waals surface area (Å²) < 4.78 is 12.1. The van der Waals surface area contributed by atoms with E-state index in [1.165, 1.54) is 0 Å². The Hall–Kier alpha value is -3.53. The van der Waals surface area contributed by atoms with Crippen LogP contribution >= 0.6 is 0 Å². The Kier molecular flexibility index (Phi) is 8.98. The van der Waals surface area contributed by atoms with Gasteiger partial charge in [0.05, 0.1) is 12.0 Å². The zero-order chi connectivity index (χ0) is 26.3. The van der Waals surface area contributed by atoms with Crippen LogP contribution in [0.5, 0.6) is 5.75 Å². The molecule has 0 radical (unpaired) electrons. The summed E-state index contributed by atoms with van der Waals surface area (Å²) >= 11 is 0. The minimum Gasteiger partial charge on any atom is -0.470 e. The first-order valence-electron chi connectivity index (χ1n) is 12.6. The number of amides is 2. The first kappa shape index (κ1) is 27.1. The maximum atomic E-state index is 13.3. The Balaban J connectivity index is 2.06. The Morgan fingerprint density at radius 3 is 2.50 bits per heavy atom. The van der Waals surface area contributed by atoms with Crippen molar-refractivity contribution < 1.29 is 19.1 Å². The lowest BCUT2D eigenvalue weighted by molar-refractivity contribution is -0.122. The topological polar surface area (TPSA) is 91.7 Å². The predicted octanol–water partition coefficient (Wildman–Crippen LogP) is 5.86. The predicted molar refractivity (Wildman–Crippen MR) is 139 cm³/mol. The molecule has 2 unspecified atom stereocenters. The normalized spacial score (nSPS) is 16.4. The zero-order valence-electron chi connectivity index (χ0n) is 21.9. The molecule has 36 heavy (non-hydrogen) atoms. The molecule has 192 valence electrons. The van der Waals surface area contributed by atoms with Crippen LogP contribution in [0, 0.1) is 17.2 Å². The summed E-state index contributed by atoms with van der Waals surface area (Å²) in [5.41, 5.74) is 2.02. The van der Waals surface area contributed by atoms with Crippen molar-refractivity contribution in [3.8, 4) is 22.9 Å². The van der Waals surface area contributed by atoms with Gasteiger partial charge in [-0.1, -0.05) is 56.3 Å².